The van der Waals surface area contributed by atoms with Crippen LogP contribution in [0.2, 0.25) is 0 Å². The Morgan fingerprint density at radius 2 is 1.45 bits per heavy atom. The van der Waals surface area contributed by atoms with Gasteiger partial charge in [-0.1, -0.05) is 12.1 Å². The zero-order valence-corrected chi connectivity index (χ0v) is 30.1. The Morgan fingerprint density at radius 3 is 2.11 bits per heavy atom. The molecule has 0 saturated carbocycles. The smallest absolute Gasteiger partial charge is 0.331 e. The van der Waals surface area contributed by atoms with Crippen LogP contribution >= 0.6 is 0 Å². The van der Waals surface area contributed by atoms with Gasteiger partial charge in [-0.3, -0.25) is 0 Å². The highest BCUT2D eigenvalue weighted by Crippen LogP contribution is 2.47. The first-order valence-electron chi connectivity index (χ1n) is 17.2. The van der Waals surface area contributed by atoms with E-state index in [9.17, 15) is 50.8 Å². The van der Waals surface area contributed by atoms with E-state index >= 15 is 0 Å². The van der Waals surface area contributed by atoms with Crippen LogP contribution in [0.5, 0.6) is 40.2 Å². The van der Waals surface area contributed by atoms with Crippen molar-refractivity contribution in [2.45, 2.75) is 74.4 Å². The third kappa shape index (κ3) is 8.42. The van der Waals surface area contributed by atoms with Crippen molar-refractivity contribution < 1.29 is 88.6 Å². The van der Waals surface area contributed by atoms with E-state index in [1.165, 1.54) is 63.6 Å². The number of aliphatic hydroxyl groups is 5. The number of phenolic OH excluding ortho intramolecular Hbond substituents is 4. The second-order valence-corrected chi connectivity index (χ2v) is 13.2. The van der Waals surface area contributed by atoms with E-state index in [0.29, 0.717) is 5.56 Å². The molecule has 56 heavy (non-hydrogen) atoms. The van der Waals surface area contributed by atoms with Gasteiger partial charge in [-0.15, -0.1) is 0 Å². The molecule has 0 radical (unpaired) electrons. The molecule has 0 spiro atoms. The fourth-order valence-corrected chi connectivity index (χ4v) is 6.34. The number of methoxy groups -OCH3 is 2. The van der Waals surface area contributed by atoms with E-state index in [2.05, 4.69) is 0 Å². The first-order valence-corrected chi connectivity index (χ1v) is 17.2. The van der Waals surface area contributed by atoms with Gasteiger partial charge < -0.3 is 83.9 Å². The van der Waals surface area contributed by atoms with Gasteiger partial charge in [0.05, 0.1) is 32.5 Å². The number of ether oxygens (including phenoxy) is 8. The third-order valence-corrected chi connectivity index (χ3v) is 9.38. The molecule has 3 aliphatic rings. The van der Waals surface area contributed by atoms with Gasteiger partial charge >= 0.3 is 5.97 Å². The number of hydrogen-bond donors (Lipinski definition) is 9. The summed E-state index contributed by atoms with van der Waals surface area (Å²) in [6, 6.07) is 11.1. The highest BCUT2D eigenvalue weighted by atomic mass is 16.7. The largest absolute Gasteiger partial charge is 0.508 e. The van der Waals surface area contributed by atoms with Gasteiger partial charge in [0.15, 0.2) is 30.0 Å². The van der Waals surface area contributed by atoms with Crippen LogP contribution in [0.3, 0.4) is 0 Å². The van der Waals surface area contributed by atoms with Gasteiger partial charge in [0.2, 0.25) is 12.0 Å². The monoisotopic (exact) mass is 786 g/mol. The lowest BCUT2D eigenvalue weighted by Crippen LogP contribution is -2.61. The second kappa shape index (κ2) is 16.8. The fraction of sp³-hybridized carbons (Fsp3) is 0.395. The summed E-state index contributed by atoms with van der Waals surface area (Å²) in [5.74, 6) is -1.90. The number of rotatable bonds is 11. The Hall–Kier alpha value is -5.31. The molecule has 6 rings (SSSR count). The average molecular weight is 787 g/mol. The predicted molar refractivity (Wildman–Crippen MR) is 189 cm³/mol. The maximum absolute atomic E-state index is 12.5. The van der Waals surface area contributed by atoms with Crippen LogP contribution in [0, 0.1) is 0 Å². The quantitative estimate of drug-likeness (QED) is 0.0966. The molecule has 3 aliphatic heterocycles. The van der Waals surface area contributed by atoms with Gasteiger partial charge in [0.1, 0.15) is 65.4 Å². The van der Waals surface area contributed by atoms with Crippen molar-refractivity contribution in [2.24, 2.45) is 0 Å². The lowest BCUT2D eigenvalue weighted by Gasteiger charge is -2.43. The summed E-state index contributed by atoms with van der Waals surface area (Å²) in [4.78, 5) is 12.5. The highest BCUT2D eigenvalue weighted by molar-refractivity contribution is 5.87. The van der Waals surface area contributed by atoms with Crippen molar-refractivity contribution in [3.05, 3.63) is 77.1 Å². The zero-order chi connectivity index (χ0) is 40.4. The van der Waals surface area contributed by atoms with Crippen LogP contribution in [0.1, 0.15) is 29.7 Å². The fourth-order valence-electron chi connectivity index (χ4n) is 6.34. The van der Waals surface area contributed by atoms with Crippen LogP contribution in [0.25, 0.3) is 12.2 Å². The minimum Gasteiger partial charge on any atom is -0.508 e. The van der Waals surface area contributed by atoms with Crippen LogP contribution in [0.4, 0.5) is 0 Å². The lowest BCUT2D eigenvalue weighted by atomic mass is 9.98. The molecule has 3 aromatic carbocycles. The van der Waals surface area contributed by atoms with E-state index in [4.69, 9.17) is 37.9 Å². The van der Waals surface area contributed by atoms with E-state index < -0.39 is 85.8 Å². The Bertz CT molecular complexity index is 1910. The summed E-state index contributed by atoms with van der Waals surface area (Å²) in [7, 11) is 2.62. The second-order valence-electron chi connectivity index (χ2n) is 13.2. The number of fused-ring (bicyclic) bond motifs is 1. The maximum atomic E-state index is 12.5. The number of carbonyl (C=O) groups is 1. The van der Waals surface area contributed by atoms with Gasteiger partial charge in [0, 0.05) is 23.8 Å². The van der Waals surface area contributed by atoms with Crippen molar-refractivity contribution >= 4 is 18.1 Å². The number of phenols is 4. The van der Waals surface area contributed by atoms with Crippen LogP contribution in [-0.2, 0) is 28.5 Å². The number of benzene rings is 3. The summed E-state index contributed by atoms with van der Waals surface area (Å²) >= 11 is 0. The van der Waals surface area contributed by atoms with Gasteiger partial charge in [-0.2, -0.15) is 0 Å². The molecule has 3 aromatic rings. The third-order valence-electron chi connectivity index (χ3n) is 9.38. The highest BCUT2D eigenvalue weighted by Gasteiger charge is 2.49. The standard InChI is InChI=1S/C38H42O18/c1-16-35(56-28(42)9-6-17-4-7-19(39)8-5-17)32(46)34(48)37(52-16)51-15-27-30(44)31(45)33(47)38(55-27)54-26-14-21-22(41)12-20(40)13-23(21)53-36(26)18-10-24(49-2)29(43)25(11-18)50-3/h4-14,16,27,30-41,43-48H,15H2,1-3H3. The number of carbonyl (C=O) groups excluding carboxylic acids is 1. The minimum atomic E-state index is -1.86. The topological polar surface area (TPSA) is 273 Å². The lowest BCUT2D eigenvalue weighted by molar-refractivity contribution is -0.325. The Labute approximate surface area is 319 Å². The molecule has 0 aromatic heterocycles. The Balaban J connectivity index is 1.16. The summed E-state index contributed by atoms with van der Waals surface area (Å²) in [5, 5.41) is 95.0. The minimum absolute atomic E-state index is 0.00458. The molecule has 11 unspecified atom stereocenters. The number of aliphatic hydroxyl groups excluding tert-OH is 5. The summed E-state index contributed by atoms with van der Waals surface area (Å²) in [6.07, 6.45) is -13.3. The van der Waals surface area contributed by atoms with E-state index in [-0.39, 0.29) is 51.4 Å². The van der Waals surface area contributed by atoms with Crippen molar-refractivity contribution in [3.8, 4) is 40.2 Å². The van der Waals surface area contributed by atoms with Crippen molar-refractivity contribution in [3.63, 3.8) is 0 Å². The van der Waals surface area contributed by atoms with Crippen LogP contribution in [-0.4, -0.2) is 134 Å². The Morgan fingerprint density at radius 1 is 0.786 bits per heavy atom. The zero-order valence-electron chi connectivity index (χ0n) is 30.1. The molecule has 9 N–H and O–H groups in total. The molecule has 11 atom stereocenters. The summed E-state index contributed by atoms with van der Waals surface area (Å²) in [5.41, 5.74) is 0.939. The molecular formula is C38H42O18. The van der Waals surface area contributed by atoms with Gasteiger partial charge in [-0.25, -0.2) is 4.79 Å². The first kappa shape index (κ1) is 40.4. The normalized spacial score (nSPS) is 30.1. The van der Waals surface area contributed by atoms with E-state index in [1.54, 1.807) is 12.1 Å². The molecule has 2 fully saturated rings. The average Bonchev–Trinajstić information content (AvgIpc) is 3.17. The molecule has 18 heteroatoms. The SMILES string of the molecule is COc1cc(C2Oc3cc(O)cc(O)c3C=C2OC2OC(COC3OC(C)C(OC(=O)C=Cc4ccc(O)cc4)C(O)C3O)C(O)C(O)C2O)cc(OC)c1O. The van der Waals surface area contributed by atoms with Gasteiger partial charge in [-0.05, 0) is 48.9 Å². The molecule has 302 valence electrons. The summed E-state index contributed by atoms with van der Waals surface area (Å²) < 4.78 is 45.3. The predicted octanol–water partition coefficient (Wildman–Crippen LogP) is 0.933. The summed E-state index contributed by atoms with van der Waals surface area (Å²) in [6.45, 7) is 0.885. The van der Waals surface area contributed by atoms with Crippen molar-refractivity contribution in [2.75, 3.05) is 20.8 Å². The molecule has 0 aliphatic carbocycles. The number of aromatic hydroxyl groups is 4. The van der Waals surface area contributed by atoms with Crippen LogP contribution < -0.4 is 14.2 Å². The maximum Gasteiger partial charge on any atom is 0.331 e. The first-order chi connectivity index (χ1) is 26.7. The van der Waals surface area contributed by atoms with Crippen molar-refractivity contribution in [1.82, 2.24) is 0 Å². The van der Waals surface area contributed by atoms with E-state index in [1.807, 2.05) is 0 Å². The molecule has 2 saturated heterocycles. The van der Waals surface area contributed by atoms with Gasteiger partial charge in [0.25, 0.3) is 0 Å². The van der Waals surface area contributed by atoms with Crippen LogP contribution in [0.15, 0.2) is 60.4 Å². The Kier molecular flexibility index (Phi) is 12.1. The van der Waals surface area contributed by atoms with E-state index in [0.717, 1.165) is 12.1 Å². The molecular weight excluding hydrogens is 744 g/mol. The number of esters is 1. The molecule has 0 bridgehead atoms. The van der Waals surface area contributed by atoms with Crippen molar-refractivity contribution in [1.29, 1.82) is 0 Å². The molecule has 18 nitrogen and oxygen atoms in total. The molecule has 3 heterocycles. The number of hydrogen-bond acceptors (Lipinski definition) is 18. The molecule has 0 amide bonds.